The van der Waals surface area contributed by atoms with E-state index in [4.69, 9.17) is 15.2 Å². The number of ether oxygens (including phenoxy) is 2. The first-order chi connectivity index (χ1) is 8.06. The summed E-state index contributed by atoms with van der Waals surface area (Å²) in [7, 11) is 0. The highest BCUT2D eigenvalue weighted by molar-refractivity contribution is 5.79. The van der Waals surface area contributed by atoms with Gasteiger partial charge in [-0.05, 0) is 52.4 Å². The molecule has 0 bridgehead atoms. The van der Waals surface area contributed by atoms with Gasteiger partial charge in [0.25, 0.3) is 0 Å². The van der Waals surface area contributed by atoms with Crippen molar-refractivity contribution in [2.75, 3.05) is 13.2 Å². The molecule has 0 radical (unpaired) electrons. The van der Waals surface area contributed by atoms with Crippen LogP contribution in [0.5, 0.6) is 0 Å². The minimum Gasteiger partial charge on any atom is -0.465 e. The maximum absolute atomic E-state index is 11.5. The van der Waals surface area contributed by atoms with Gasteiger partial charge < -0.3 is 15.2 Å². The van der Waals surface area contributed by atoms with Crippen LogP contribution in [0.2, 0.25) is 0 Å². The number of hydrogen-bond acceptors (Lipinski definition) is 4. The summed E-state index contributed by atoms with van der Waals surface area (Å²) in [6.07, 6.45) is 6.72. The predicted octanol–water partition coefficient (Wildman–Crippen LogP) is 2.01. The fourth-order valence-corrected chi connectivity index (χ4v) is 1.78. The second-order valence-electron chi connectivity index (χ2n) is 5.02. The van der Waals surface area contributed by atoms with Crippen molar-refractivity contribution < 1.29 is 14.3 Å². The van der Waals surface area contributed by atoms with Crippen LogP contribution < -0.4 is 5.73 Å². The average molecular weight is 243 g/mol. The number of carbonyl (C=O) groups is 1. The summed E-state index contributed by atoms with van der Waals surface area (Å²) in [6.45, 7) is 4.69. The van der Waals surface area contributed by atoms with Gasteiger partial charge in [0.2, 0.25) is 0 Å². The zero-order valence-electron chi connectivity index (χ0n) is 11.0. The van der Waals surface area contributed by atoms with Crippen LogP contribution in [-0.4, -0.2) is 30.8 Å². The van der Waals surface area contributed by atoms with Gasteiger partial charge in [0.1, 0.15) is 5.54 Å². The number of hydrogen-bond donors (Lipinski definition) is 1. The Balaban J connectivity index is 2.05. The summed E-state index contributed by atoms with van der Waals surface area (Å²) in [6, 6.07) is 0. The SMILES string of the molecule is CCOC(=O)C(C)(N)CCCCOC1CCC1. The van der Waals surface area contributed by atoms with Crippen LogP contribution in [0.25, 0.3) is 0 Å². The predicted molar refractivity (Wildman–Crippen MR) is 66.7 cm³/mol. The van der Waals surface area contributed by atoms with E-state index >= 15 is 0 Å². The molecule has 1 atom stereocenters. The van der Waals surface area contributed by atoms with E-state index in [2.05, 4.69) is 0 Å². The van der Waals surface area contributed by atoms with E-state index in [9.17, 15) is 4.79 Å². The highest BCUT2D eigenvalue weighted by Crippen LogP contribution is 2.22. The molecule has 1 aliphatic rings. The minimum atomic E-state index is -0.855. The number of nitrogens with two attached hydrogens (primary N) is 1. The molecule has 4 heteroatoms. The van der Waals surface area contributed by atoms with Crippen LogP contribution >= 0.6 is 0 Å². The van der Waals surface area contributed by atoms with Crippen LogP contribution in [0.1, 0.15) is 52.4 Å². The first kappa shape index (κ1) is 14.5. The molecule has 17 heavy (non-hydrogen) atoms. The quantitative estimate of drug-likeness (QED) is 0.523. The lowest BCUT2D eigenvalue weighted by Crippen LogP contribution is -2.46. The highest BCUT2D eigenvalue weighted by atomic mass is 16.5. The Bertz CT molecular complexity index is 237. The summed E-state index contributed by atoms with van der Waals surface area (Å²) in [4.78, 5) is 11.5. The zero-order valence-corrected chi connectivity index (χ0v) is 11.0. The number of carbonyl (C=O) groups excluding carboxylic acids is 1. The van der Waals surface area contributed by atoms with Crippen molar-refractivity contribution in [1.29, 1.82) is 0 Å². The second-order valence-corrected chi connectivity index (χ2v) is 5.02. The van der Waals surface area contributed by atoms with Gasteiger partial charge in [0, 0.05) is 6.61 Å². The lowest BCUT2D eigenvalue weighted by Gasteiger charge is -2.26. The van der Waals surface area contributed by atoms with Gasteiger partial charge in [0.05, 0.1) is 12.7 Å². The largest absolute Gasteiger partial charge is 0.465 e. The van der Waals surface area contributed by atoms with E-state index in [1.807, 2.05) is 0 Å². The Morgan fingerprint density at radius 3 is 2.65 bits per heavy atom. The summed E-state index contributed by atoms with van der Waals surface area (Å²) in [5.74, 6) is -0.306. The molecule has 1 saturated carbocycles. The van der Waals surface area contributed by atoms with E-state index in [0.29, 0.717) is 19.1 Å². The first-order valence-corrected chi connectivity index (χ1v) is 6.64. The smallest absolute Gasteiger partial charge is 0.325 e. The Morgan fingerprint density at radius 1 is 1.41 bits per heavy atom. The second kappa shape index (κ2) is 6.97. The molecule has 1 unspecified atom stereocenters. The summed E-state index contributed by atoms with van der Waals surface area (Å²) < 4.78 is 10.6. The molecule has 1 aliphatic carbocycles. The molecule has 100 valence electrons. The van der Waals surface area contributed by atoms with Crippen LogP contribution in [0.4, 0.5) is 0 Å². The van der Waals surface area contributed by atoms with E-state index in [-0.39, 0.29) is 5.97 Å². The molecule has 0 aromatic heterocycles. The molecule has 0 spiro atoms. The fourth-order valence-electron chi connectivity index (χ4n) is 1.78. The first-order valence-electron chi connectivity index (χ1n) is 6.64. The van der Waals surface area contributed by atoms with Gasteiger partial charge in [-0.1, -0.05) is 0 Å². The molecule has 4 nitrogen and oxygen atoms in total. The standard InChI is InChI=1S/C13H25NO3/c1-3-16-12(15)13(2,14)9-4-5-10-17-11-7-6-8-11/h11H,3-10,14H2,1-2H3. The van der Waals surface area contributed by atoms with Crippen molar-refractivity contribution in [3.63, 3.8) is 0 Å². The lowest BCUT2D eigenvalue weighted by atomic mass is 9.95. The van der Waals surface area contributed by atoms with Crippen LogP contribution in [0.3, 0.4) is 0 Å². The normalized spacial score (nSPS) is 19.5. The Kier molecular flexibility index (Phi) is 5.92. The van der Waals surface area contributed by atoms with Gasteiger partial charge in [-0.3, -0.25) is 4.79 Å². The third kappa shape index (κ3) is 5.04. The molecule has 0 amide bonds. The van der Waals surface area contributed by atoms with E-state index < -0.39 is 5.54 Å². The van der Waals surface area contributed by atoms with E-state index in [1.54, 1.807) is 13.8 Å². The van der Waals surface area contributed by atoms with Gasteiger partial charge in [-0.25, -0.2) is 0 Å². The Labute approximate surface area is 104 Å². The van der Waals surface area contributed by atoms with Gasteiger partial charge >= 0.3 is 5.97 Å². The third-order valence-corrected chi connectivity index (χ3v) is 3.24. The number of esters is 1. The van der Waals surface area contributed by atoms with Gasteiger partial charge in [0.15, 0.2) is 0 Å². The maximum Gasteiger partial charge on any atom is 0.325 e. The van der Waals surface area contributed by atoms with Crippen LogP contribution in [-0.2, 0) is 14.3 Å². The van der Waals surface area contributed by atoms with Crippen molar-refractivity contribution in [3.8, 4) is 0 Å². The van der Waals surface area contributed by atoms with E-state index in [1.165, 1.54) is 19.3 Å². The Hall–Kier alpha value is -0.610. The molecular weight excluding hydrogens is 218 g/mol. The molecule has 0 saturated heterocycles. The van der Waals surface area contributed by atoms with Gasteiger partial charge in [-0.15, -0.1) is 0 Å². The van der Waals surface area contributed by atoms with Gasteiger partial charge in [-0.2, -0.15) is 0 Å². The summed E-state index contributed by atoms with van der Waals surface area (Å²) >= 11 is 0. The summed E-state index contributed by atoms with van der Waals surface area (Å²) in [5, 5.41) is 0. The van der Waals surface area contributed by atoms with Crippen LogP contribution in [0.15, 0.2) is 0 Å². The number of rotatable bonds is 8. The van der Waals surface area contributed by atoms with Crippen molar-refractivity contribution >= 4 is 5.97 Å². The molecule has 0 heterocycles. The maximum atomic E-state index is 11.5. The number of unbranched alkanes of at least 4 members (excludes halogenated alkanes) is 1. The molecule has 1 rings (SSSR count). The topological polar surface area (TPSA) is 61.5 Å². The average Bonchev–Trinajstić information content (AvgIpc) is 2.20. The van der Waals surface area contributed by atoms with E-state index in [0.717, 1.165) is 19.4 Å². The van der Waals surface area contributed by atoms with Crippen molar-refractivity contribution in [2.45, 2.75) is 64.0 Å². The molecule has 1 fully saturated rings. The minimum absolute atomic E-state index is 0.306. The lowest BCUT2D eigenvalue weighted by molar-refractivity contribution is -0.149. The van der Waals surface area contributed by atoms with Crippen LogP contribution in [0, 0.1) is 0 Å². The third-order valence-electron chi connectivity index (χ3n) is 3.24. The fraction of sp³-hybridized carbons (Fsp3) is 0.923. The molecule has 0 aromatic carbocycles. The molecule has 0 aliphatic heterocycles. The molecule has 2 N–H and O–H groups in total. The van der Waals surface area contributed by atoms with Crippen molar-refractivity contribution in [1.82, 2.24) is 0 Å². The highest BCUT2D eigenvalue weighted by Gasteiger charge is 2.29. The zero-order chi connectivity index (χ0) is 12.7. The Morgan fingerprint density at radius 2 is 2.12 bits per heavy atom. The summed E-state index contributed by atoms with van der Waals surface area (Å²) in [5.41, 5.74) is 5.06. The molecular formula is C13H25NO3. The van der Waals surface area contributed by atoms with Crippen molar-refractivity contribution in [3.05, 3.63) is 0 Å². The van der Waals surface area contributed by atoms with Crippen molar-refractivity contribution in [2.24, 2.45) is 5.73 Å². The molecule has 0 aromatic rings. The monoisotopic (exact) mass is 243 g/mol.